The topological polar surface area (TPSA) is 92.6 Å². The van der Waals surface area contributed by atoms with Crippen molar-refractivity contribution in [3.05, 3.63) is 53.4 Å². The number of carbonyl (C=O) groups is 2. The molecule has 178 valence electrons. The minimum atomic E-state index is -4.93. The molecule has 1 N–H and O–H groups in total. The molecule has 1 aromatic heterocycles. The lowest BCUT2D eigenvalue weighted by Crippen LogP contribution is -2.43. The number of rotatable bonds is 5. The highest BCUT2D eigenvalue weighted by Gasteiger charge is 2.61. The van der Waals surface area contributed by atoms with Crippen molar-refractivity contribution in [3.63, 3.8) is 0 Å². The largest absolute Gasteiger partial charge is 0.481 e. The maximum atomic E-state index is 13.9. The van der Waals surface area contributed by atoms with E-state index in [9.17, 15) is 32.3 Å². The molecule has 7 nitrogen and oxygen atoms in total. The molecule has 1 heterocycles. The number of carbonyl (C=O) groups excluding carboxylic acids is 1. The minimum Gasteiger partial charge on any atom is -0.481 e. The summed E-state index contributed by atoms with van der Waals surface area (Å²) in [6, 6.07) is 5.14. The van der Waals surface area contributed by atoms with Gasteiger partial charge in [0.15, 0.2) is 5.69 Å². The lowest BCUT2D eigenvalue weighted by molar-refractivity contribution is -0.141. The van der Waals surface area contributed by atoms with Gasteiger partial charge in [-0.15, -0.1) is 0 Å². The van der Waals surface area contributed by atoms with Crippen molar-refractivity contribution < 1.29 is 37.0 Å². The Labute approximate surface area is 187 Å². The number of anilines is 1. The summed E-state index contributed by atoms with van der Waals surface area (Å²) in [7, 11) is 0. The van der Waals surface area contributed by atoms with E-state index >= 15 is 0 Å². The van der Waals surface area contributed by atoms with Crippen LogP contribution >= 0.6 is 0 Å². The maximum Gasteiger partial charge on any atom is 0.435 e. The number of aromatic nitrogens is 2. The third kappa shape index (κ3) is 5.23. The fourth-order valence-corrected chi connectivity index (χ4v) is 3.73. The fourth-order valence-electron chi connectivity index (χ4n) is 3.73. The van der Waals surface area contributed by atoms with Crippen LogP contribution in [-0.2, 0) is 21.1 Å². The van der Waals surface area contributed by atoms with Gasteiger partial charge in [0.1, 0.15) is 17.2 Å². The normalized spacial score (nSPS) is 20.3. The molecule has 1 aliphatic rings. The van der Waals surface area contributed by atoms with Gasteiger partial charge in [-0.2, -0.15) is 13.2 Å². The van der Waals surface area contributed by atoms with E-state index in [1.807, 2.05) is 0 Å². The number of carboxylic acid groups (broad SMARTS) is 1. The Morgan fingerprint density at radius 1 is 1.27 bits per heavy atom. The van der Waals surface area contributed by atoms with Crippen molar-refractivity contribution in [2.75, 3.05) is 11.4 Å². The lowest BCUT2D eigenvalue weighted by Gasteiger charge is -2.32. The van der Waals surface area contributed by atoms with Gasteiger partial charge >= 0.3 is 18.2 Å². The number of carboxylic acids is 1. The lowest BCUT2D eigenvalue weighted by atomic mass is 9.92. The van der Waals surface area contributed by atoms with Gasteiger partial charge in [0.2, 0.25) is 0 Å². The standard InChI is InChI=1S/C22H23F4N3O4/c1-12-27-10-16(17(28-12)22(24,25)26)29(19(32)33-20(2,3)4)11-21(9-15(21)18(30)31)13-6-5-7-14(23)8-13/h5-8,10,15H,9,11H2,1-4H3,(H,30,31)/t15-,21+/m1/s1. The number of hydrogen-bond acceptors (Lipinski definition) is 5. The summed E-state index contributed by atoms with van der Waals surface area (Å²) in [5.41, 5.74) is -4.15. The molecule has 1 fully saturated rings. The molecule has 0 radical (unpaired) electrons. The van der Waals surface area contributed by atoms with Crippen molar-refractivity contribution in [3.8, 4) is 0 Å². The number of aliphatic carboxylic acids is 1. The van der Waals surface area contributed by atoms with E-state index in [1.165, 1.54) is 19.1 Å². The van der Waals surface area contributed by atoms with Crippen LogP contribution in [-0.4, -0.2) is 39.3 Å². The van der Waals surface area contributed by atoms with Gasteiger partial charge in [0, 0.05) is 12.0 Å². The zero-order valence-electron chi connectivity index (χ0n) is 18.4. The predicted molar refractivity (Wildman–Crippen MR) is 109 cm³/mol. The van der Waals surface area contributed by atoms with E-state index in [0.717, 1.165) is 18.3 Å². The summed E-state index contributed by atoms with van der Waals surface area (Å²) in [6.07, 6.45) is -5.20. The van der Waals surface area contributed by atoms with E-state index in [0.29, 0.717) is 4.90 Å². The molecular weight excluding hydrogens is 446 g/mol. The summed E-state index contributed by atoms with van der Waals surface area (Å²) in [5.74, 6) is -3.05. The van der Waals surface area contributed by atoms with Gasteiger partial charge in [-0.05, 0) is 51.8 Å². The number of aryl methyl sites for hydroxylation is 1. The molecule has 2 aromatic rings. The molecule has 1 aromatic carbocycles. The van der Waals surface area contributed by atoms with E-state index in [1.54, 1.807) is 20.8 Å². The van der Waals surface area contributed by atoms with Crippen LogP contribution in [0.4, 0.5) is 28.0 Å². The molecule has 0 spiro atoms. The van der Waals surface area contributed by atoms with E-state index in [2.05, 4.69) is 9.97 Å². The predicted octanol–water partition coefficient (Wildman–Crippen LogP) is 4.73. The molecule has 1 amide bonds. The first-order valence-corrected chi connectivity index (χ1v) is 10.0. The van der Waals surface area contributed by atoms with Crippen molar-refractivity contribution in [1.82, 2.24) is 9.97 Å². The second-order valence-electron chi connectivity index (χ2n) is 8.98. The van der Waals surface area contributed by atoms with Gasteiger partial charge in [-0.1, -0.05) is 12.1 Å². The Morgan fingerprint density at radius 3 is 2.45 bits per heavy atom. The first kappa shape index (κ1) is 24.4. The van der Waals surface area contributed by atoms with E-state index in [4.69, 9.17) is 4.74 Å². The molecule has 0 unspecified atom stereocenters. The Morgan fingerprint density at radius 2 is 1.94 bits per heavy atom. The average molecular weight is 469 g/mol. The molecule has 0 bridgehead atoms. The third-order valence-corrected chi connectivity index (χ3v) is 5.28. The number of nitrogens with zero attached hydrogens (tertiary/aromatic N) is 3. The van der Waals surface area contributed by atoms with Crippen molar-refractivity contribution >= 4 is 17.7 Å². The fraction of sp³-hybridized carbons (Fsp3) is 0.455. The number of ether oxygens (including phenoxy) is 1. The summed E-state index contributed by atoms with van der Waals surface area (Å²) in [4.78, 5) is 32.8. The van der Waals surface area contributed by atoms with Gasteiger partial charge in [0.25, 0.3) is 0 Å². The molecule has 2 atom stereocenters. The highest BCUT2D eigenvalue weighted by molar-refractivity contribution is 5.90. The van der Waals surface area contributed by atoms with Crippen LogP contribution < -0.4 is 4.90 Å². The molecule has 1 aliphatic carbocycles. The quantitative estimate of drug-likeness (QED) is 0.637. The Hall–Kier alpha value is -3.24. The maximum absolute atomic E-state index is 13.9. The third-order valence-electron chi connectivity index (χ3n) is 5.28. The molecule has 1 saturated carbocycles. The van der Waals surface area contributed by atoms with Gasteiger partial charge in [0.05, 0.1) is 17.8 Å². The molecular formula is C22H23F4N3O4. The zero-order chi connectivity index (χ0) is 24.8. The van der Waals surface area contributed by atoms with Crippen LogP contribution in [0.3, 0.4) is 0 Å². The molecule has 0 saturated heterocycles. The summed E-state index contributed by atoms with van der Waals surface area (Å²) >= 11 is 0. The SMILES string of the molecule is Cc1ncc(N(C[C@]2(c3cccc(F)c3)C[C@@H]2C(=O)O)C(=O)OC(C)(C)C)c(C(F)(F)F)n1. The molecule has 33 heavy (non-hydrogen) atoms. The van der Waals surface area contributed by atoms with Crippen molar-refractivity contribution in [2.24, 2.45) is 5.92 Å². The second kappa shape index (κ2) is 8.27. The highest BCUT2D eigenvalue weighted by atomic mass is 19.4. The Balaban J connectivity index is 2.15. The molecule has 3 rings (SSSR count). The zero-order valence-corrected chi connectivity index (χ0v) is 18.4. The molecule has 0 aliphatic heterocycles. The van der Waals surface area contributed by atoms with Crippen LogP contribution in [0.2, 0.25) is 0 Å². The number of hydrogen-bond donors (Lipinski definition) is 1. The summed E-state index contributed by atoms with van der Waals surface area (Å²) < 4.78 is 60.7. The first-order valence-electron chi connectivity index (χ1n) is 10.0. The van der Waals surface area contributed by atoms with E-state index < -0.39 is 58.9 Å². The average Bonchev–Trinajstić information content (AvgIpc) is 3.40. The van der Waals surface area contributed by atoms with Crippen molar-refractivity contribution in [1.29, 1.82) is 0 Å². The number of halogens is 4. The Kier molecular flexibility index (Phi) is 6.12. The summed E-state index contributed by atoms with van der Waals surface area (Å²) in [6.45, 7) is 5.39. The van der Waals surface area contributed by atoms with Gasteiger partial charge in [-0.3, -0.25) is 9.69 Å². The minimum absolute atomic E-state index is 0.000839. The Bertz CT molecular complexity index is 1080. The number of benzene rings is 1. The smallest absolute Gasteiger partial charge is 0.435 e. The van der Waals surface area contributed by atoms with Gasteiger partial charge < -0.3 is 9.84 Å². The van der Waals surface area contributed by atoms with Crippen LogP contribution in [0, 0.1) is 18.7 Å². The second-order valence-corrected chi connectivity index (χ2v) is 8.98. The molecule has 11 heteroatoms. The van der Waals surface area contributed by atoms with Gasteiger partial charge in [-0.25, -0.2) is 19.2 Å². The highest BCUT2D eigenvalue weighted by Crippen LogP contribution is 2.55. The first-order chi connectivity index (χ1) is 15.1. The summed E-state index contributed by atoms with van der Waals surface area (Å²) in [5, 5.41) is 9.62. The van der Waals surface area contributed by atoms with E-state index in [-0.39, 0.29) is 17.8 Å². The van der Waals surface area contributed by atoms with Crippen molar-refractivity contribution in [2.45, 2.75) is 51.3 Å². The van der Waals surface area contributed by atoms with Crippen LogP contribution in [0.5, 0.6) is 0 Å². The van der Waals surface area contributed by atoms with Crippen LogP contribution in [0.15, 0.2) is 30.5 Å². The number of amides is 1. The monoisotopic (exact) mass is 469 g/mol. The van der Waals surface area contributed by atoms with Crippen LogP contribution in [0.1, 0.15) is 44.3 Å². The number of alkyl halides is 3. The van der Waals surface area contributed by atoms with Crippen LogP contribution in [0.25, 0.3) is 0 Å².